The highest BCUT2D eigenvalue weighted by Gasteiger charge is 2.24. The third-order valence-electron chi connectivity index (χ3n) is 3.76. The van der Waals surface area contributed by atoms with Gasteiger partial charge >= 0.3 is 0 Å². The van der Waals surface area contributed by atoms with Crippen LogP contribution in [0.2, 0.25) is 5.02 Å². The Morgan fingerprint density at radius 3 is 2.90 bits per heavy atom. The Balaban J connectivity index is 2.17. The van der Waals surface area contributed by atoms with Crippen LogP contribution in [-0.2, 0) is 6.42 Å². The van der Waals surface area contributed by atoms with Crippen molar-refractivity contribution in [1.82, 2.24) is 4.57 Å². The first-order valence-electron chi connectivity index (χ1n) is 6.42. The number of nitrogens with zero attached hydrogens (tertiary/aromatic N) is 1. The molecule has 1 amide bonds. The molecule has 1 heterocycles. The number of benzene rings is 1. The zero-order valence-electron chi connectivity index (χ0n) is 10.8. The molecule has 3 rings (SSSR count). The first kappa shape index (κ1) is 12.9. The van der Waals surface area contributed by atoms with E-state index in [2.05, 4.69) is 12.1 Å². The van der Waals surface area contributed by atoms with Crippen molar-refractivity contribution >= 4 is 17.5 Å². The number of halogens is 1. The van der Waals surface area contributed by atoms with E-state index in [0.717, 1.165) is 12.8 Å². The number of primary amides is 1. The molecule has 0 fully saturated rings. The molecule has 0 aliphatic heterocycles. The molecule has 2 aromatic rings. The summed E-state index contributed by atoms with van der Waals surface area (Å²) in [5.41, 5.74) is 8.05. The fourth-order valence-corrected chi connectivity index (χ4v) is 3.05. The quantitative estimate of drug-likeness (QED) is 0.874. The lowest BCUT2D eigenvalue weighted by molar-refractivity contribution is 0.0997. The van der Waals surface area contributed by atoms with Crippen LogP contribution in [0.3, 0.4) is 0 Å². The Morgan fingerprint density at radius 1 is 1.40 bits per heavy atom. The molecule has 0 saturated carbocycles. The monoisotopic (exact) mass is 287 g/mol. The van der Waals surface area contributed by atoms with E-state index in [1.807, 2.05) is 12.1 Å². The van der Waals surface area contributed by atoms with Crippen molar-refractivity contribution in [3.8, 4) is 0 Å². The lowest BCUT2D eigenvalue weighted by Gasteiger charge is -2.18. The van der Waals surface area contributed by atoms with E-state index < -0.39 is 5.91 Å². The molecule has 1 aromatic carbocycles. The van der Waals surface area contributed by atoms with Crippen LogP contribution in [0.25, 0.3) is 0 Å². The normalized spacial score (nSPS) is 16.9. The second kappa shape index (κ2) is 4.80. The van der Waals surface area contributed by atoms with E-state index in [-0.39, 0.29) is 17.1 Å². The Bertz CT molecular complexity index is 751. The zero-order chi connectivity index (χ0) is 14.3. The fourth-order valence-electron chi connectivity index (χ4n) is 2.84. The largest absolute Gasteiger partial charge is 0.365 e. The van der Waals surface area contributed by atoms with Gasteiger partial charge in [0.2, 0.25) is 0 Å². The Hall–Kier alpha value is -2.07. The van der Waals surface area contributed by atoms with Crippen LogP contribution in [0, 0.1) is 5.41 Å². The number of carbonyl (C=O) groups excluding carboxylic acids is 1. The van der Waals surface area contributed by atoms with Crippen LogP contribution in [0.15, 0.2) is 36.5 Å². The third-order valence-corrected chi connectivity index (χ3v) is 3.97. The third kappa shape index (κ3) is 2.02. The lowest BCUT2D eigenvalue weighted by Crippen LogP contribution is -2.31. The fraction of sp³-hybridized carbons (Fsp3) is 0.200. The summed E-state index contributed by atoms with van der Waals surface area (Å²) in [6.45, 7) is 0. The minimum Gasteiger partial charge on any atom is -0.365 e. The first-order valence-corrected chi connectivity index (χ1v) is 6.79. The number of pyridine rings is 1. The number of hydrogen-bond donors (Lipinski definition) is 2. The SMILES string of the molecule is N=c1c(C(N)=O)cc(Cl)cn1[C@@H]1CCc2ccccc21. The summed E-state index contributed by atoms with van der Waals surface area (Å²) in [4.78, 5) is 11.4. The summed E-state index contributed by atoms with van der Waals surface area (Å²) < 4.78 is 1.74. The van der Waals surface area contributed by atoms with E-state index in [1.165, 1.54) is 17.2 Å². The highest BCUT2D eigenvalue weighted by Crippen LogP contribution is 2.33. The molecule has 0 unspecified atom stereocenters. The van der Waals surface area contributed by atoms with Gasteiger partial charge in [0.15, 0.2) is 0 Å². The molecule has 1 aromatic heterocycles. The van der Waals surface area contributed by atoms with Gasteiger partial charge in [-0.25, -0.2) is 0 Å². The van der Waals surface area contributed by atoms with Gasteiger partial charge < -0.3 is 10.3 Å². The number of rotatable bonds is 2. The predicted octanol–water partition coefficient (Wildman–Crippen LogP) is 2.26. The highest BCUT2D eigenvalue weighted by molar-refractivity contribution is 6.30. The van der Waals surface area contributed by atoms with Gasteiger partial charge in [-0.15, -0.1) is 0 Å². The maximum atomic E-state index is 11.4. The summed E-state index contributed by atoms with van der Waals surface area (Å²) in [5, 5.41) is 8.60. The van der Waals surface area contributed by atoms with Gasteiger partial charge in [0.25, 0.3) is 5.91 Å². The number of aromatic nitrogens is 1. The summed E-state index contributed by atoms with van der Waals surface area (Å²) >= 11 is 6.06. The molecule has 5 heteroatoms. The van der Waals surface area contributed by atoms with Gasteiger partial charge in [-0.3, -0.25) is 10.2 Å². The van der Waals surface area contributed by atoms with E-state index >= 15 is 0 Å². The molecule has 20 heavy (non-hydrogen) atoms. The highest BCUT2D eigenvalue weighted by atomic mass is 35.5. The molecule has 1 aliphatic carbocycles. The minimum atomic E-state index is -0.627. The summed E-state index contributed by atoms with van der Waals surface area (Å²) in [6, 6.07) is 9.64. The molecule has 3 N–H and O–H groups in total. The van der Waals surface area contributed by atoms with Crippen LogP contribution in [0.5, 0.6) is 0 Å². The number of hydrogen-bond acceptors (Lipinski definition) is 2. The number of amides is 1. The van der Waals surface area contributed by atoms with Gasteiger partial charge in [0.05, 0.1) is 16.6 Å². The Kier molecular flexibility index (Phi) is 3.10. The maximum Gasteiger partial charge on any atom is 0.252 e. The molecular weight excluding hydrogens is 274 g/mol. The number of aryl methyl sites for hydroxylation is 1. The van der Waals surface area contributed by atoms with Gasteiger partial charge in [-0.05, 0) is 30.0 Å². The van der Waals surface area contributed by atoms with Crippen LogP contribution >= 0.6 is 11.6 Å². The summed E-state index contributed by atoms with van der Waals surface area (Å²) in [6.07, 6.45) is 3.56. The predicted molar refractivity (Wildman–Crippen MR) is 76.7 cm³/mol. The summed E-state index contributed by atoms with van der Waals surface area (Å²) in [5.74, 6) is -0.627. The zero-order valence-corrected chi connectivity index (χ0v) is 11.5. The Labute approximate surface area is 121 Å². The molecule has 1 atom stereocenters. The van der Waals surface area contributed by atoms with Crippen molar-refractivity contribution in [3.63, 3.8) is 0 Å². The van der Waals surface area contributed by atoms with Gasteiger partial charge in [0, 0.05) is 6.20 Å². The number of nitrogens with one attached hydrogen (secondary N) is 1. The Morgan fingerprint density at radius 2 is 2.15 bits per heavy atom. The second-order valence-corrected chi connectivity index (χ2v) is 5.38. The maximum absolute atomic E-state index is 11.4. The second-order valence-electron chi connectivity index (χ2n) is 4.95. The van der Waals surface area contributed by atoms with Crippen molar-refractivity contribution in [2.45, 2.75) is 18.9 Å². The molecule has 4 nitrogen and oxygen atoms in total. The van der Waals surface area contributed by atoms with Crippen LogP contribution in [0.1, 0.15) is 33.9 Å². The summed E-state index contributed by atoms with van der Waals surface area (Å²) in [7, 11) is 0. The van der Waals surface area contributed by atoms with E-state index in [4.69, 9.17) is 22.7 Å². The molecule has 0 radical (unpaired) electrons. The number of carbonyl (C=O) groups is 1. The van der Waals surface area contributed by atoms with Crippen molar-refractivity contribution < 1.29 is 4.79 Å². The molecule has 0 spiro atoms. The molecule has 1 aliphatic rings. The average molecular weight is 288 g/mol. The average Bonchev–Trinajstić information content (AvgIpc) is 2.84. The van der Waals surface area contributed by atoms with Crippen molar-refractivity contribution in [2.75, 3.05) is 0 Å². The smallest absolute Gasteiger partial charge is 0.252 e. The minimum absolute atomic E-state index is 0.0375. The molecule has 0 saturated heterocycles. The lowest BCUT2D eigenvalue weighted by atomic mass is 10.1. The van der Waals surface area contributed by atoms with Gasteiger partial charge in [-0.2, -0.15) is 0 Å². The molecule has 102 valence electrons. The van der Waals surface area contributed by atoms with E-state index in [0.29, 0.717) is 5.02 Å². The van der Waals surface area contributed by atoms with Crippen LogP contribution in [-0.4, -0.2) is 10.5 Å². The molecule has 0 bridgehead atoms. The van der Waals surface area contributed by atoms with E-state index in [1.54, 1.807) is 10.8 Å². The van der Waals surface area contributed by atoms with Crippen molar-refractivity contribution in [2.24, 2.45) is 5.73 Å². The van der Waals surface area contributed by atoms with Crippen LogP contribution < -0.4 is 11.2 Å². The number of nitrogens with two attached hydrogens (primary N) is 1. The van der Waals surface area contributed by atoms with E-state index in [9.17, 15) is 4.79 Å². The van der Waals surface area contributed by atoms with Gasteiger partial charge in [-0.1, -0.05) is 35.9 Å². The van der Waals surface area contributed by atoms with Crippen LogP contribution in [0.4, 0.5) is 0 Å². The number of fused-ring (bicyclic) bond motifs is 1. The first-order chi connectivity index (χ1) is 9.58. The van der Waals surface area contributed by atoms with Gasteiger partial charge in [0.1, 0.15) is 5.49 Å². The van der Waals surface area contributed by atoms with Crippen molar-refractivity contribution in [1.29, 1.82) is 5.41 Å². The molecular formula is C15H14ClN3O. The van der Waals surface area contributed by atoms with Crippen molar-refractivity contribution in [3.05, 3.63) is 63.7 Å². The standard InChI is InChI=1S/C15H14ClN3O/c16-10-7-12(15(18)20)14(17)19(8-10)13-6-5-9-3-1-2-4-11(9)13/h1-4,7-8,13,17H,5-6H2,(H2,18,20)/t13-/m1/s1. The topological polar surface area (TPSA) is 71.9 Å².